The van der Waals surface area contributed by atoms with E-state index in [0.717, 1.165) is 35.1 Å². The molecular weight excluding hydrogens is 517 g/mol. The van der Waals surface area contributed by atoms with Gasteiger partial charge in [0.05, 0.1) is 6.61 Å². The van der Waals surface area contributed by atoms with Crippen molar-refractivity contribution in [3.05, 3.63) is 59.1 Å². The number of nitrogens with one attached hydrogen (secondary N) is 1. The maximum Gasteiger partial charge on any atom is 0.244 e. The molecule has 0 radical (unpaired) electrons. The average molecular weight is 544 g/mol. The number of guanidine groups is 1. The number of para-hydroxylation sites is 1. The average Bonchev–Trinajstić information content (AvgIpc) is 2.74. The topological polar surface area (TPSA) is 83.2 Å². The molecule has 1 heterocycles. The zero-order valence-corrected chi connectivity index (χ0v) is 20.0. The van der Waals surface area contributed by atoms with E-state index < -0.39 is 0 Å². The monoisotopic (exact) mass is 543 g/mol. The van der Waals surface area contributed by atoms with E-state index in [1.807, 2.05) is 53.4 Å². The van der Waals surface area contributed by atoms with Crippen LogP contribution in [-0.4, -0.2) is 56.6 Å². The van der Waals surface area contributed by atoms with Crippen LogP contribution >= 0.6 is 35.6 Å². The summed E-state index contributed by atoms with van der Waals surface area (Å²) in [5.74, 6) is 0.178. The first-order valence-electron chi connectivity index (χ1n) is 9.49. The van der Waals surface area contributed by atoms with Crippen LogP contribution in [0.25, 0.3) is 0 Å². The smallest absolute Gasteiger partial charge is 0.244 e. The normalized spacial score (nSPS) is 14.3. The van der Waals surface area contributed by atoms with Gasteiger partial charge in [0.15, 0.2) is 5.96 Å². The number of nitrogens with zero attached hydrogens (tertiary/aromatic N) is 3. The SMILES string of the molecule is COCc1ccccc1NC(N)=NCC(=O)N1CCN(c2ccc(Cl)cc2)CC1.I. The van der Waals surface area contributed by atoms with Gasteiger partial charge in [-0.3, -0.25) is 4.79 Å². The Morgan fingerprint density at radius 1 is 1.13 bits per heavy atom. The second kappa shape index (κ2) is 12.0. The molecule has 162 valence electrons. The molecule has 0 unspecified atom stereocenters. The van der Waals surface area contributed by atoms with Crippen LogP contribution in [0.2, 0.25) is 5.02 Å². The van der Waals surface area contributed by atoms with Gasteiger partial charge in [-0.1, -0.05) is 29.8 Å². The van der Waals surface area contributed by atoms with Crippen LogP contribution in [0, 0.1) is 0 Å². The number of carbonyl (C=O) groups is 1. The van der Waals surface area contributed by atoms with E-state index in [1.54, 1.807) is 7.11 Å². The van der Waals surface area contributed by atoms with Crippen LogP contribution in [0.4, 0.5) is 11.4 Å². The van der Waals surface area contributed by atoms with Crippen LogP contribution in [0.3, 0.4) is 0 Å². The van der Waals surface area contributed by atoms with Crippen LogP contribution in [0.5, 0.6) is 0 Å². The molecule has 0 bridgehead atoms. The highest BCUT2D eigenvalue weighted by molar-refractivity contribution is 14.0. The first kappa shape index (κ1) is 24.2. The minimum absolute atomic E-state index is 0. The number of ether oxygens (including phenoxy) is 1. The molecule has 2 aromatic carbocycles. The third kappa shape index (κ3) is 6.75. The summed E-state index contributed by atoms with van der Waals surface area (Å²) in [7, 11) is 1.64. The molecule has 0 atom stereocenters. The number of piperazine rings is 1. The summed E-state index contributed by atoms with van der Waals surface area (Å²) in [6.07, 6.45) is 0. The molecule has 1 fully saturated rings. The zero-order valence-electron chi connectivity index (χ0n) is 16.9. The molecule has 1 amide bonds. The van der Waals surface area contributed by atoms with Crippen molar-refractivity contribution in [1.82, 2.24) is 4.90 Å². The van der Waals surface area contributed by atoms with Gasteiger partial charge >= 0.3 is 0 Å². The minimum Gasteiger partial charge on any atom is -0.380 e. The maximum absolute atomic E-state index is 12.5. The highest BCUT2D eigenvalue weighted by atomic mass is 127. The van der Waals surface area contributed by atoms with Crippen molar-refractivity contribution >= 4 is 58.8 Å². The molecule has 3 N–H and O–H groups in total. The second-order valence-corrected chi connectivity index (χ2v) is 7.20. The summed E-state index contributed by atoms with van der Waals surface area (Å²) in [6.45, 7) is 3.34. The van der Waals surface area contributed by atoms with Crippen molar-refractivity contribution in [1.29, 1.82) is 0 Å². The lowest BCUT2D eigenvalue weighted by Gasteiger charge is -2.36. The number of benzene rings is 2. The number of nitrogens with two attached hydrogens (primary N) is 1. The van der Waals surface area contributed by atoms with Gasteiger partial charge in [0.2, 0.25) is 5.91 Å². The van der Waals surface area contributed by atoms with Gasteiger partial charge in [-0.15, -0.1) is 24.0 Å². The molecule has 1 aliphatic rings. The number of hydrogen-bond donors (Lipinski definition) is 2. The Kier molecular flexibility index (Phi) is 9.67. The summed E-state index contributed by atoms with van der Waals surface area (Å²) < 4.78 is 5.18. The summed E-state index contributed by atoms with van der Waals surface area (Å²) in [4.78, 5) is 20.8. The molecule has 0 aromatic heterocycles. The molecule has 0 aliphatic carbocycles. The number of amides is 1. The van der Waals surface area contributed by atoms with Crippen molar-refractivity contribution in [2.45, 2.75) is 6.61 Å². The highest BCUT2D eigenvalue weighted by Gasteiger charge is 2.21. The summed E-state index contributed by atoms with van der Waals surface area (Å²) in [5.41, 5.74) is 8.87. The van der Waals surface area contributed by atoms with Crippen molar-refractivity contribution < 1.29 is 9.53 Å². The van der Waals surface area contributed by atoms with Crippen molar-refractivity contribution in [3.8, 4) is 0 Å². The van der Waals surface area contributed by atoms with Crippen LogP contribution < -0.4 is 16.0 Å². The number of carbonyl (C=O) groups excluding carboxylic acids is 1. The number of rotatable bonds is 6. The quantitative estimate of drug-likeness (QED) is 0.332. The summed E-state index contributed by atoms with van der Waals surface area (Å²) >= 11 is 5.95. The van der Waals surface area contributed by atoms with E-state index in [2.05, 4.69) is 15.2 Å². The fourth-order valence-corrected chi connectivity index (χ4v) is 3.35. The first-order chi connectivity index (χ1) is 14.1. The van der Waals surface area contributed by atoms with Crippen molar-refractivity contribution in [2.24, 2.45) is 10.7 Å². The van der Waals surface area contributed by atoms with Gasteiger partial charge in [-0.2, -0.15) is 0 Å². The molecule has 2 aromatic rings. The van der Waals surface area contributed by atoms with Crippen LogP contribution in [0.15, 0.2) is 53.5 Å². The standard InChI is InChI=1S/C21H26ClN5O2.HI/c1-29-15-16-4-2-3-5-19(16)25-21(23)24-14-20(28)27-12-10-26(11-13-27)18-8-6-17(22)7-9-18;/h2-9H,10-15H2,1H3,(H3,23,24,25);1H. The highest BCUT2D eigenvalue weighted by Crippen LogP contribution is 2.19. The molecular formula is C21H27ClIN5O2. The third-order valence-corrected chi connectivity index (χ3v) is 5.04. The molecule has 3 rings (SSSR count). The summed E-state index contributed by atoms with van der Waals surface area (Å²) in [6, 6.07) is 15.4. The van der Waals surface area contributed by atoms with E-state index >= 15 is 0 Å². The predicted octanol–water partition coefficient (Wildman–Crippen LogP) is 3.18. The fourth-order valence-electron chi connectivity index (χ4n) is 3.22. The van der Waals surface area contributed by atoms with Crippen LogP contribution in [-0.2, 0) is 16.1 Å². The molecule has 1 saturated heterocycles. The molecule has 9 heteroatoms. The van der Waals surface area contributed by atoms with Crippen molar-refractivity contribution in [3.63, 3.8) is 0 Å². The van der Waals surface area contributed by atoms with E-state index in [1.165, 1.54) is 0 Å². The van der Waals surface area contributed by atoms with Crippen molar-refractivity contribution in [2.75, 3.05) is 50.1 Å². The number of methoxy groups -OCH3 is 1. The van der Waals surface area contributed by atoms with E-state index in [4.69, 9.17) is 22.1 Å². The van der Waals surface area contributed by atoms with E-state index in [-0.39, 0.29) is 42.4 Å². The summed E-state index contributed by atoms with van der Waals surface area (Å²) in [5, 5.41) is 3.76. The fraction of sp³-hybridized carbons (Fsp3) is 0.333. The molecule has 7 nitrogen and oxygen atoms in total. The lowest BCUT2D eigenvalue weighted by Crippen LogP contribution is -2.49. The number of halogens is 2. The Labute approximate surface area is 199 Å². The van der Waals surface area contributed by atoms with Gasteiger partial charge in [-0.05, 0) is 30.3 Å². The van der Waals surface area contributed by atoms with E-state index in [9.17, 15) is 4.79 Å². The molecule has 0 spiro atoms. The minimum atomic E-state index is -0.0318. The van der Waals surface area contributed by atoms with E-state index in [0.29, 0.717) is 19.7 Å². The van der Waals surface area contributed by atoms with Crippen LogP contribution in [0.1, 0.15) is 5.56 Å². The first-order valence-corrected chi connectivity index (χ1v) is 9.86. The Morgan fingerprint density at radius 2 is 1.80 bits per heavy atom. The van der Waals surface area contributed by atoms with Gasteiger partial charge in [-0.25, -0.2) is 4.99 Å². The number of hydrogen-bond acceptors (Lipinski definition) is 4. The van der Waals surface area contributed by atoms with Gasteiger partial charge in [0.1, 0.15) is 6.54 Å². The second-order valence-electron chi connectivity index (χ2n) is 6.76. The largest absolute Gasteiger partial charge is 0.380 e. The van der Waals surface area contributed by atoms with Gasteiger partial charge in [0, 0.05) is 55.2 Å². The lowest BCUT2D eigenvalue weighted by atomic mass is 10.2. The molecule has 0 saturated carbocycles. The Morgan fingerprint density at radius 3 is 2.47 bits per heavy atom. The number of anilines is 2. The predicted molar refractivity (Wildman–Crippen MR) is 133 cm³/mol. The van der Waals surface area contributed by atoms with Gasteiger partial charge in [0.25, 0.3) is 0 Å². The maximum atomic E-state index is 12.5. The number of aliphatic imine (C=N–C) groups is 1. The lowest BCUT2D eigenvalue weighted by molar-refractivity contribution is -0.129. The Balaban J connectivity index is 0.00000320. The molecule has 1 aliphatic heterocycles. The Bertz CT molecular complexity index is 855. The zero-order chi connectivity index (χ0) is 20.6. The molecule has 30 heavy (non-hydrogen) atoms. The Hall–Kier alpha value is -2.04. The third-order valence-electron chi connectivity index (χ3n) is 4.79. The van der Waals surface area contributed by atoms with Gasteiger partial charge < -0.3 is 25.6 Å².